The highest BCUT2D eigenvalue weighted by molar-refractivity contribution is 7.98. The lowest BCUT2D eigenvalue weighted by Crippen LogP contribution is -2.28. The Hall–Kier alpha value is -2.87. The summed E-state index contributed by atoms with van der Waals surface area (Å²) in [7, 11) is 1.31. The van der Waals surface area contributed by atoms with Crippen molar-refractivity contribution in [2.75, 3.05) is 31.8 Å². The zero-order chi connectivity index (χ0) is 19.9. The summed E-state index contributed by atoms with van der Waals surface area (Å²) in [6, 6.07) is 10.8. The standard InChI is InChI=1S/C20H22N4O3S/c1-27-20(26)15-7-10-17(21-13-15)22-19(25)18(23-24-11-3-4-12-24)14-5-8-16(28-2)9-6-14/h5-10,13H,3-4,11-12H2,1-2H3,(H,21,22,25)/b23-18+. The quantitative estimate of drug-likeness (QED) is 0.457. The summed E-state index contributed by atoms with van der Waals surface area (Å²) in [5, 5.41) is 9.27. The molecular formula is C20H22N4O3S. The number of benzene rings is 1. The normalized spacial score (nSPS) is 14.1. The summed E-state index contributed by atoms with van der Waals surface area (Å²) in [4.78, 5) is 29.7. The minimum atomic E-state index is -0.476. The lowest BCUT2D eigenvalue weighted by molar-refractivity contribution is -0.110. The van der Waals surface area contributed by atoms with E-state index in [1.807, 2.05) is 35.5 Å². The number of hydrazone groups is 1. The number of nitrogens with one attached hydrogen (secondary N) is 1. The first kappa shape index (κ1) is 19.9. The van der Waals surface area contributed by atoms with Crippen LogP contribution in [0.25, 0.3) is 0 Å². The topological polar surface area (TPSA) is 83.9 Å². The predicted molar refractivity (Wildman–Crippen MR) is 110 cm³/mol. The first-order valence-electron chi connectivity index (χ1n) is 8.94. The zero-order valence-electron chi connectivity index (χ0n) is 15.8. The molecule has 2 aromatic rings. The second-order valence-electron chi connectivity index (χ2n) is 6.22. The van der Waals surface area contributed by atoms with Gasteiger partial charge in [-0.2, -0.15) is 5.10 Å². The monoisotopic (exact) mass is 398 g/mol. The Morgan fingerprint density at radius 3 is 2.36 bits per heavy atom. The third-order valence-corrected chi connectivity index (χ3v) is 5.07. The first-order chi connectivity index (χ1) is 13.6. The molecule has 1 aliphatic heterocycles. The number of ether oxygens (including phenoxy) is 1. The summed E-state index contributed by atoms with van der Waals surface area (Å²) in [5.41, 5.74) is 1.40. The van der Waals surface area contributed by atoms with Crippen LogP contribution >= 0.6 is 11.8 Å². The van der Waals surface area contributed by atoms with E-state index in [9.17, 15) is 9.59 Å². The molecule has 8 heteroatoms. The van der Waals surface area contributed by atoms with E-state index in [1.165, 1.54) is 13.3 Å². The molecule has 1 aromatic carbocycles. The fourth-order valence-corrected chi connectivity index (χ4v) is 3.22. The molecule has 0 atom stereocenters. The summed E-state index contributed by atoms with van der Waals surface area (Å²) >= 11 is 1.64. The van der Waals surface area contributed by atoms with Crippen LogP contribution in [0.4, 0.5) is 5.82 Å². The van der Waals surface area contributed by atoms with Gasteiger partial charge in [-0.3, -0.25) is 9.80 Å². The molecule has 0 aliphatic carbocycles. The fraction of sp³-hybridized carbons (Fsp3) is 0.300. The molecule has 1 amide bonds. The van der Waals surface area contributed by atoms with Crippen molar-refractivity contribution < 1.29 is 14.3 Å². The molecule has 1 saturated heterocycles. The summed E-state index contributed by atoms with van der Waals surface area (Å²) in [6.45, 7) is 1.68. The maximum Gasteiger partial charge on any atom is 0.339 e. The number of nitrogens with zero attached hydrogens (tertiary/aromatic N) is 3. The van der Waals surface area contributed by atoms with E-state index in [2.05, 4.69) is 20.1 Å². The van der Waals surface area contributed by atoms with Gasteiger partial charge >= 0.3 is 5.97 Å². The number of thioether (sulfide) groups is 1. The van der Waals surface area contributed by atoms with Crippen LogP contribution in [0.15, 0.2) is 52.6 Å². The van der Waals surface area contributed by atoms with Crippen LogP contribution in [0, 0.1) is 0 Å². The van der Waals surface area contributed by atoms with E-state index in [-0.39, 0.29) is 5.91 Å². The molecule has 3 rings (SSSR count). The molecule has 0 spiro atoms. The number of pyridine rings is 1. The van der Waals surface area contributed by atoms with Gasteiger partial charge in [0, 0.05) is 29.7 Å². The van der Waals surface area contributed by atoms with Gasteiger partial charge in [0.1, 0.15) is 5.82 Å². The van der Waals surface area contributed by atoms with Crippen LogP contribution in [0.5, 0.6) is 0 Å². The Labute approximate surface area is 168 Å². The molecule has 0 saturated carbocycles. The Kier molecular flexibility index (Phi) is 6.65. The van der Waals surface area contributed by atoms with Gasteiger partial charge in [0.25, 0.3) is 5.91 Å². The van der Waals surface area contributed by atoms with Crippen molar-refractivity contribution in [2.24, 2.45) is 5.10 Å². The summed E-state index contributed by atoms with van der Waals surface area (Å²) in [5.74, 6) is -0.481. The third-order valence-electron chi connectivity index (χ3n) is 4.33. The van der Waals surface area contributed by atoms with E-state index < -0.39 is 5.97 Å². The number of hydrogen-bond donors (Lipinski definition) is 1. The molecule has 146 valence electrons. The fourth-order valence-electron chi connectivity index (χ4n) is 2.81. The van der Waals surface area contributed by atoms with E-state index >= 15 is 0 Å². The van der Waals surface area contributed by atoms with Crippen LogP contribution in [-0.4, -0.2) is 54.0 Å². The maximum absolute atomic E-state index is 12.9. The molecule has 0 bridgehead atoms. The number of hydrogen-bond acceptors (Lipinski definition) is 7. The van der Waals surface area contributed by atoms with Crippen LogP contribution in [0.2, 0.25) is 0 Å². The number of aromatic nitrogens is 1. The van der Waals surface area contributed by atoms with Crippen LogP contribution in [0.1, 0.15) is 28.8 Å². The number of esters is 1. The van der Waals surface area contributed by atoms with Gasteiger partial charge in [-0.05, 0) is 43.4 Å². The van der Waals surface area contributed by atoms with E-state index in [0.717, 1.165) is 36.4 Å². The highest BCUT2D eigenvalue weighted by Gasteiger charge is 2.19. The zero-order valence-corrected chi connectivity index (χ0v) is 16.7. The lowest BCUT2D eigenvalue weighted by Gasteiger charge is -2.14. The number of rotatable bonds is 6. The van der Waals surface area contributed by atoms with E-state index in [0.29, 0.717) is 17.1 Å². The molecular weight excluding hydrogens is 376 g/mol. The van der Waals surface area contributed by atoms with Gasteiger partial charge in [-0.1, -0.05) is 12.1 Å². The maximum atomic E-state index is 12.9. The smallest absolute Gasteiger partial charge is 0.339 e. The largest absolute Gasteiger partial charge is 0.465 e. The predicted octanol–water partition coefficient (Wildman–Crippen LogP) is 3.03. The average Bonchev–Trinajstić information content (AvgIpc) is 3.25. The van der Waals surface area contributed by atoms with Gasteiger partial charge in [-0.15, -0.1) is 11.8 Å². The Bertz CT molecular complexity index is 860. The van der Waals surface area contributed by atoms with Crippen molar-refractivity contribution in [2.45, 2.75) is 17.7 Å². The van der Waals surface area contributed by atoms with Gasteiger partial charge in [-0.25, -0.2) is 9.78 Å². The molecule has 1 N–H and O–H groups in total. The summed E-state index contributed by atoms with van der Waals surface area (Å²) < 4.78 is 4.65. The van der Waals surface area contributed by atoms with E-state index in [4.69, 9.17) is 0 Å². The van der Waals surface area contributed by atoms with Gasteiger partial charge in [0.15, 0.2) is 5.71 Å². The van der Waals surface area contributed by atoms with Gasteiger partial charge in [0.05, 0.1) is 12.7 Å². The van der Waals surface area contributed by atoms with Crippen molar-refractivity contribution in [3.05, 3.63) is 53.7 Å². The minimum Gasteiger partial charge on any atom is -0.465 e. The SMILES string of the molecule is COC(=O)c1ccc(NC(=O)/C(=N/N2CCCC2)c2ccc(SC)cc2)nc1. The van der Waals surface area contributed by atoms with E-state index in [1.54, 1.807) is 23.9 Å². The highest BCUT2D eigenvalue weighted by Crippen LogP contribution is 2.17. The molecule has 1 fully saturated rings. The molecule has 7 nitrogen and oxygen atoms in total. The number of anilines is 1. The van der Waals surface area contributed by atoms with Crippen molar-refractivity contribution in [1.29, 1.82) is 0 Å². The van der Waals surface area contributed by atoms with Crippen molar-refractivity contribution >= 4 is 35.2 Å². The molecule has 2 heterocycles. The van der Waals surface area contributed by atoms with Crippen molar-refractivity contribution in [1.82, 2.24) is 9.99 Å². The molecule has 28 heavy (non-hydrogen) atoms. The Morgan fingerprint density at radius 1 is 1.11 bits per heavy atom. The average molecular weight is 398 g/mol. The second kappa shape index (κ2) is 9.36. The van der Waals surface area contributed by atoms with Crippen LogP contribution in [0.3, 0.4) is 0 Å². The number of methoxy groups -OCH3 is 1. The number of carbonyl (C=O) groups is 2. The molecule has 0 radical (unpaired) electrons. The van der Waals surface area contributed by atoms with Crippen molar-refractivity contribution in [3.8, 4) is 0 Å². The molecule has 1 aliphatic rings. The van der Waals surface area contributed by atoms with Crippen molar-refractivity contribution in [3.63, 3.8) is 0 Å². The third kappa shape index (κ3) is 4.89. The molecule has 1 aromatic heterocycles. The summed E-state index contributed by atoms with van der Waals surface area (Å²) in [6.07, 6.45) is 5.51. The Morgan fingerprint density at radius 2 is 1.79 bits per heavy atom. The number of amides is 1. The Balaban J connectivity index is 1.82. The van der Waals surface area contributed by atoms with Crippen LogP contribution in [-0.2, 0) is 9.53 Å². The van der Waals surface area contributed by atoms with Gasteiger partial charge in [0.2, 0.25) is 0 Å². The minimum absolute atomic E-state index is 0.319. The highest BCUT2D eigenvalue weighted by atomic mass is 32.2. The first-order valence-corrected chi connectivity index (χ1v) is 10.2. The molecule has 0 unspecified atom stereocenters. The lowest BCUT2D eigenvalue weighted by atomic mass is 10.1. The van der Waals surface area contributed by atoms with Gasteiger partial charge < -0.3 is 10.1 Å². The van der Waals surface area contributed by atoms with Crippen LogP contribution < -0.4 is 5.32 Å². The second-order valence-corrected chi connectivity index (χ2v) is 7.10. The number of carbonyl (C=O) groups excluding carboxylic acids is 2.